The number of hydrogen-bond acceptors (Lipinski definition) is 2. The molecule has 0 unspecified atom stereocenters. The number of carbonyl (C=O) groups excluding carboxylic acids is 1. The second-order valence-corrected chi connectivity index (χ2v) is 5.57. The van der Waals surface area contributed by atoms with Gasteiger partial charge >= 0.3 is 0 Å². The fourth-order valence-corrected chi connectivity index (χ4v) is 2.64. The highest BCUT2D eigenvalue weighted by Crippen LogP contribution is 2.13. The summed E-state index contributed by atoms with van der Waals surface area (Å²) < 4.78 is 25.9. The van der Waals surface area contributed by atoms with E-state index in [1.54, 1.807) is 0 Å². The molecular weight excluding hydrogens is 272 g/mol. The molecule has 0 bridgehead atoms. The third kappa shape index (κ3) is 5.20. The number of Topliss-reactive ketones (excluding diaryl/α,β-unsaturated/α-hetero) is 1. The van der Waals surface area contributed by atoms with Gasteiger partial charge in [0.05, 0.1) is 0 Å². The molecule has 0 amide bonds. The highest BCUT2D eigenvalue weighted by Gasteiger charge is 2.11. The zero-order valence-corrected chi connectivity index (χ0v) is 12.3. The van der Waals surface area contributed by atoms with Gasteiger partial charge in [0.1, 0.15) is 0 Å². The Morgan fingerprint density at radius 2 is 1.81 bits per heavy atom. The smallest absolute Gasteiger partial charge is 0.162 e. The van der Waals surface area contributed by atoms with Gasteiger partial charge in [-0.1, -0.05) is 6.42 Å². The molecule has 1 aliphatic rings. The minimum atomic E-state index is -0.956. The van der Waals surface area contributed by atoms with E-state index in [9.17, 15) is 13.6 Å². The lowest BCUT2D eigenvalue weighted by molar-refractivity contribution is 0.0978. The van der Waals surface area contributed by atoms with Crippen molar-refractivity contribution in [3.8, 4) is 0 Å². The lowest BCUT2D eigenvalue weighted by Crippen LogP contribution is -2.30. The molecule has 1 aliphatic heterocycles. The first-order chi connectivity index (χ1) is 10.2. The van der Waals surface area contributed by atoms with E-state index in [0.717, 1.165) is 51.0 Å². The monoisotopic (exact) mass is 294 g/mol. The average Bonchev–Trinajstić information content (AvgIpc) is 2.50. The van der Waals surface area contributed by atoms with E-state index < -0.39 is 11.6 Å². The lowest BCUT2D eigenvalue weighted by Gasteiger charge is -2.26. The number of nitrogens with zero attached hydrogens (tertiary/aromatic N) is 1. The van der Waals surface area contributed by atoms with Gasteiger partial charge in [0, 0.05) is 12.0 Å². The SMILES string of the molecule is O=C(CCCCCN1CC[CH]CC1)c1ccc(F)c(F)c1. The van der Waals surface area contributed by atoms with Gasteiger partial charge in [0.2, 0.25) is 0 Å². The van der Waals surface area contributed by atoms with Gasteiger partial charge in [0.15, 0.2) is 17.4 Å². The number of hydrogen-bond donors (Lipinski definition) is 0. The van der Waals surface area contributed by atoms with Crippen molar-refractivity contribution < 1.29 is 13.6 Å². The molecule has 0 aliphatic carbocycles. The van der Waals surface area contributed by atoms with Crippen LogP contribution in [0.2, 0.25) is 0 Å². The van der Waals surface area contributed by atoms with Crippen LogP contribution < -0.4 is 0 Å². The van der Waals surface area contributed by atoms with Crippen LogP contribution in [0.1, 0.15) is 48.9 Å². The highest BCUT2D eigenvalue weighted by molar-refractivity contribution is 5.95. The van der Waals surface area contributed by atoms with Crippen molar-refractivity contribution in [3.05, 3.63) is 41.8 Å². The quantitative estimate of drug-likeness (QED) is 0.559. The van der Waals surface area contributed by atoms with Crippen LogP contribution in [0.3, 0.4) is 0 Å². The summed E-state index contributed by atoms with van der Waals surface area (Å²) in [4.78, 5) is 14.3. The molecule has 1 fully saturated rings. The largest absolute Gasteiger partial charge is 0.303 e. The molecule has 0 aromatic heterocycles. The summed E-state index contributed by atoms with van der Waals surface area (Å²) in [5, 5.41) is 0. The maximum absolute atomic E-state index is 13.1. The molecule has 4 heteroatoms. The fourth-order valence-electron chi connectivity index (χ4n) is 2.64. The normalized spacial score (nSPS) is 16.1. The van der Waals surface area contributed by atoms with E-state index in [-0.39, 0.29) is 11.3 Å². The van der Waals surface area contributed by atoms with Crippen molar-refractivity contribution in [1.82, 2.24) is 4.90 Å². The molecule has 0 atom stereocenters. The Balaban J connectivity index is 1.63. The maximum atomic E-state index is 13.1. The van der Waals surface area contributed by atoms with E-state index in [1.807, 2.05) is 0 Å². The van der Waals surface area contributed by atoms with Crippen LogP contribution >= 0.6 is 0 Å². The molecule has 115 valence electrons. The number of carbonyl (C=O) groups is 1. The maximum Gasteiger partial charge on any atom is 0.162 e. The van der Waals surface area contributed by atoms with Crippen molar-refractivity contribution in [2.75, 3.05) is 19.6 Å². The van der Waals surface area contributed by atoms with Crippen LogP contribution in [0, 0.1) is 18.1 Å². The number of benzene rings is 1. The van der Waals surface area contributed by atoms with Gasteiger partial charge in [-0.25, -0.2) is 8.78 Å². The van der Waals surface area contributed by atoms with Crippen LogP contribution in [0.15, 0.2) is 18.2 Å². The summed E-state index contributed by atoms with van der Waals surface area (Å²) in [5.74, 6) is -1.98. The van der Waals surface area contributed by atoms with E-state index in [0.29, 0.717) is 6.42 Å². The first-order valence-corrected chi connectivity index (χ1v) is 7.69. The topological polar surface area (TPSA) is 20.3 Å². The molecule has 1 aromatic carbocycles. The van der Waals surface area contributed by atoms with Gasteiger partial charge in [-0.3, -0.25) is 4.79 Å². The molecule has 21 heavy (non-hydrogen) atoms. The standard InChI is InChI=1S/C17H22F2NO/c18-15-9-8-14(13-16(15)19)17(21)7-3-1-4-10-20-11-5-2-6-12-20/h2,8-9,13H,1,3-7,10-12H2. The Labute approximate surface area is 125 Å². The fraction of sp³-hybridized carbons (Fsp3) is 0.529. The number of ketones is 1. The number of halogens is 2. The van der Waals surface area contributed by atoms with Crippen LogP contribution in [0.25, 0.3) is 0 Å². The van der Waals surface area contributed by atoms with Crippen molar-refractivity contribution >= 4 is 5.78 Å². The lowest BCUT2D eigenvalue weighted by atomic mass is 10.0. The molecule has 1 heterocycles. The Morgan fingerprint density at radius 3 is 2.52 bits per heavy atom. The summed E-state index contributed by atoms with van der Waals surface area (Å²) in [6.07, 6.45) is 7.97. The minimum Gasteiger partial charge on any atom is -0.303 e. The second-order valence-electron chi connectivity index (χ2n) is 5.57. The molecule has 0 saturated carbocycles. The molecule has 1 radical (unpaired) electrons. The van der Waals surface area contributed by atoms with E-state index in [1.165, 1.54) is 18.9 Å². The van der Waals surface area contributed by atoms with E-state index in [2.05, 4.69) is 11.3 Å². The number of unbranched alkanes of at least 4 members (excludes halogenated alkanes) is 2. The van der Waals surface area contributed by atoms with E-state index in [4.69, 9.17) is 0 Å². The van der Waals surface area contributed by atoms with Crippen LogP contribution in [-0.2, 0) is 0 Å². The Morgan fingerprint density at radius 1 is 1.05 bits per heavy atom. The predicted molar refractivity (Wildman–Crippen MR) is 79.1 cm³/mol. The molecule has 1 aromatic rings. The highest BCUT2D eigenvalue weighted by atomic mass is 19.2. The Kier molecular flexibility index (Phi) is 6.30. The molecule has 2 rings (SSSR count). The Bertz CT molecular complexity index is 470. The van der Waals surface area contributed by atoms with Gasteiger partial charge in [-0.2, -0.15) is 0 Å². The summed E-state index contributed by atoms with van der Waals surface area (Å²) >= 11 is 0. The van der Waals surface area contributed by atoms with Crippen LogP contribution in [-0.4, -0.2) is 30.3 Å². The summed E-state index contributed by atoms with van der Waals surface area (Å²) in [6.45, 7) is 3.38. The van der Waals surface area contributed by atoms with Crippen molar-refractivity contribution in [2.24, 2.45) is 0 Å². The van der Waals surface area contributed by atoms with Gasteiger partial charge in [0.25, 0.3) is 0 Å². The van der Waals surface area contributed by atoms with Gasteiger partial charge < -0.3 is 4.90 Å². The average molecular weight is 294 g/mol. The zero-order valence-electron chi connectivity index (χ0n) is 12.3. The predicted octanol–water partition coefficient (Wildman–Crippen LogP) is 4.01. The molecule has 1 saturated heterocycles. The third-order valence-electron chi connectivity index (χ3n) is 3.92. The number of piperidine rings is 1. The summed E-state index contributed by atoms with van der Waals surface area (Å²) in [7, 11) is 0. The number of likely N-dealkylation sites (tertiary alicyclic amines) is 1. The van der Waals surface area contributed by atoms with Crippen molar-refractivity contribution in [3.63, 3.8) is 0 Å². The summed E-state index contributed by atoms with van der Waals surface area (Å²) in [6, 6.07) is 3.35. The first kappa shape index (κ1) is 16.1. The first-order valence-electron chi connectivity index (χ1n) is 7.69. The van der Waals surface area contributed by atoms with Crippen molar-refractivity contribution in [1.29, 1.82) is 0 Å². The van der Waals surface area contributed by atoms with E-state index >= 15 is 0 Å². The van der Waals surface area contributed by atoms with Crippen molar-refractivity contribution in [2.45, 2.75) is 38.5 Å². The summed E-state index contributed by atoms with van der Waals surface area (Å²) in [5.41, 5.74) is 0.264. The van der Waals surface area contributed by atoms with Gasteiger partial charge in [-0.05, 0) is 69.9 Å². The second kappa shape index (κ2) is 8.23. The molecule has 0 N–H and O–H groups in total. The molecule has 0 spiro atoms. The molecular formula is C17H22F2NO. The van der Waals surface area contributed by atoms with Crippen LogP contribution in [0.5, 0.6) is 0 Å². The zero-order chi connectivity index (χ0) is 15.1. The van der Waals surface area contributed by atoms with Crippen LogP contribution in [0.4, 0.5) is 8.78 Å². The number of rotatable bonds is 7. The minimum absolute atomic E-state index is 0.110. The Hall–Kier alpha value is -1.29. The van der Waals surface area contributed by atoms with Gasteiger partial charge in [-0.15, -0.1) is 0 Å². The molecule has 2 nitrogen and oxygen atoms in total. The third-order valence-corrected chi connectivity index (χ3v) is 3.92.